The summed E-state index contributed by atoms with van der Waals surface area (Å²) >= 11 is 0. The molecule has 0 fully saturated rings. The summed E-state index contributed by atoms with van der Waals surface area (Å²) in [4.78, 5) is 0. The van der Waals surface area contributed by atoms with Gasteiger partial charge in [0, 0.05) is 22.8 Å². The molecule has 0 aliphatic carbocycles. The Labute approximate surface area is 309 Å². The zero-order valence-corrected chi connectivity index (χ0v) is 29.2. The Morgan fingerprint density at radius 3 is 1.36 bits per heavy atom. The van der Waals surface area contributed by atoms with E-state index in [1.807, 2.05) is 0 Å². The van der Waals surface area contributed by atoms with Gasteiger partial charge in [-0.15, -0.1) is 0 Å². The first-order valence-corrected chi connectivity index (χ1v) is 18.2. The third-order valence-electron chi connectivity index (χ3n) is 10.7. The van der Waals surface area contributed by atoms with E-state index in [1.165, 1.54) is 88.1 Å². The number of benzene rings is 9. The van der Waals surface area contributed by atoms with E-state index in [0.29, 0.717) is 0 Å². The minimum absolute atomic E-state index is 1.14. The van der Waals surface area contributed by atoms with E-state index >= 15 is 0 Å². The molecule has 1 aromatic heterocycles. The molecule has 0 unspecified atom stereocenters. The van der Waals surface area contributed by atoms with Gasteiger partial charge in [-0.05, 0) is 102 Å². The van der Waals surface area contributed by atoms with Gasteiger partial charge in [-0.2, -0.15) is 0 Å². The van der Waals surface area contributed by atoms with Gasteiger partial charge in [-0.25, -0.2) is 0 Å². The van der Waals surface area contributed by atoms with Crippen LogP contribution in [0.2, 0.25) is 0 Å². The van der Waals surface area contributed by atoms with Crippen molar-refractivity contribution in [3.05, 3.63) is 212 Å². The zero-order valence-electron chi connectivity index (χ0n) is 29.2. The van der Waals surface area contributed by atoms with Crippen molar-refractivity contribution in [2.24, 2.45) is 0 Å². The third-order valence-corrected chi connectivity index (χ3v) is 10.7. The second-order valence-electron chi connectivity index (χ2n) is 13.8. The largest absolute Gasteiger partial charge is 0.316 e. The van der Waals surface area contributed by atoms with Crippen LogP contribution in [0.4, 0.5) is 0 Å². The van der Waals surface area contributed by atoms with Crippen molar-refractivity contribution < 1.29 is 0 Å². The van der Waals surface area contributed by atoms with E-state index in [1.54, 1.807) is 0 Å². The molecule has 0 radical (unpaired) electrons. The quantitative estimate of drug-likeness (QED) is 0.155. The molecular formula is C52H35N. The molecule has 0 saturated carbocycles. The average molecular weight is 674 g/mol. The topological polar surface area (TPSA) is 4.93 Å². The molecule has 53 heavy (non-hydrogen) atoms. The van der Waals surface area contributed by atoms with E-state index in [-0.39, 0.29) is 0 Å². The summed E-state index contributed by atoms with van der Waals surface area (Å²) in [5.41, 5.74) is 14.5. The Bertz CT molecular complexity index is 2880. The van der Waals surface area contributed by atoms with Gasteiger partial charge in [0.25, 0.3) is 0 Å². The highest BCUT2D eigenvalue weighted by Crippen LogP contribution is 2.39. The van der Waals surface area contributed by atoms with Crippen LogP contribution in [-0.2, 0) is 0 Å². The zero-order chi connectivity index (χ0) is 35.1. The van der Waals surface area contributed by atoms with Gasteiger partial charge in [0.2, 0.25) is 0 Å². The summed E-state index contributed by atoms with van der Waals surface area (Å²) < 4.78 is 2.35. The molecule has 10 aromatic rings. The van der Waals surface area contributed by atoms with Gasteiger partial charge >= 0.3 is 0 Å². The van der Waals surface area contributed by atoms with E-state index in [9.17, 15) is 0 Å². The van der Waals surface area contributed by atoms with Crippen LogP contribution in [0, 0.1) is 0 Å². The molecule has 1 heterocycles. The van der Waals surface area contributed by atoms with E-state index < -0.39 is 0 Å². The molecule has 10 rings (SSSR count). The smallest absolute Gasteiger partial charge is 0.0535 e. The number of rotatable bonds is 6. The Hall–Kier alpha value is -6.96. The second kappa shape index (κ2) is 13.0. The molecule has 1 heteroatoms. The van der Waals surface area contributed by atoms with Crippen molar-refractivity contribution in [1.29, 1.82) is 0 Å². The molecule has 0 amide bonds. The Morgan fingerprint density at radius 2 is 0.717 bits per heavy atom. The number of hydrogen-bond acceptors (Lipinski definition) is 0. The molecule has 248 valence electrons. The molecule has 0 saturated heterocycles. The van der Waals surface area contributed by atoms with Crippen LogP contribution in [0.1, 0.15) is 0 Å². The molecule has 1 nitrogen and oxygen atoms in total. The maximum absolute atomic E-state index is 2.36. The molecule has 0 atom stereocenters. The van der Waals surface area contributed by atoms with Crippen LogP contribution in [0.15, 0.2) is 212 Å². The van der Waals surface area contributed by atoms with Crippen molar-refractivity contribution >= 4 is 32.4 Å². The number of aromatic nitrogens is 1. The van der Waals surface area contributed by atoms with E-state index in [0.717, 1.165) is 5.69 Å². The van der Waals surface area contributed by atoms with Crippen LogP contribution in [0.25, 0.3) is 93.8 Å². The van der Waals surface area contributed by atoms with Crippen LogP contribution >= 0.6 is 0 Å². The molecule has 0 N–H and O–H groups in total. The van der Waals surface area contributed by atoms with Crippen LogP contribution in [0.3, 0.4) is 0 Å². The fourth-order valence-corrected chi connectivity index (χ4v) is 7.91. The van der Waals surface area contributed by atoms with Gasteiger partial charge in [-0.1, -0.05) is 176 Å². The highest BCUT2D eigenvalue weighted by molar-refractivity contribution is 6.13. The summed E-state index contributed by atoms with van der Waals surface area (Å²) in [5.74, 6) is 0. The lowest BCUT2D eigenvalue weighted by molar-refractivity contribution is 1.13. The Morgan fingerprint density at radius 1 is 0.264 bits per heavy atom. The lowest BCUT2D eigenvalue weighted by Gasteiger charge is -2.12. The molecule has 0 bridgehead atoms. The van der Waals surface area contributed by atoms with Crippen LogP contribution < -0.4 is 0 Å². The standard InChI is InChI=1S/C52H35N/c1-3-11-36(12-4-1)38-19-21-40(22-20-38)43-29-32-52-50(33-43)51(42-25-23-39(24-26-42)37-13-5-2-6-14-37)35-53(52)45-30-27-41(28-31-45)49-34-44-15-7-8-16-46(44)47-17-9-10-18-48(47)49/h1-35H. The molecule has 0 aliphatic heterocycles. The lowest BCUT2D eigenvalue weighted by atomic mass is 9.93. The van der Waals surface area contributed by atoms with Gasteiger partial charge < -0.3 is 4.57 Å². The van der Waals surface area contributed by atoms with Crippen LogP contribution in [0.5, 0.6) is 0 Å². The van der Waals surface area contributed by atoms with Crippen molar-refractivity contribution in [2.45, 2.75) is 0 Å². The first-order valence-electron chi connectivity index (χ1n) is 18.2. The predicted molar refractivity (Wildman–Crippen MR) is 225 cm³/mol. The van der Waals surface area contributed by atoms with Crippen LogP contribution in [-0.4, -0.2) is 4.57 Å². The fourth-order valence-electron chi connectivity index (χ4n) is 7.91. The van der Waals surface area contributed by atoms with Gasteiger partial charge in [0.05, 0.1) is 5.52 Å². The monoisotopic (exact) mass is 673 g/mol. The Balaban J connectivity index is 1.08. The van der Waals surface area contributed by atoms with Crippen molar-refractivity contribution in [3.63, 3.8) is 0 Å². The van der Waals surface area contributed by atoms with Crippen molar-refractivity contribution in [1.82, 2.24) is 4.57 Å². The number of fused-ring (bicyclic) bond motifs is 4. The minimum atomic E-state index is 1.14. The van der Waals surface area contributed by atoms with Gasteiger partial charge in [0.15, 0.2) is 0 Å². The summed E-state index contributed by atoms with van der Waals surface area (Å²) in [6.45, 7) is 0. The number of nitrogens with zero attached hydrogens (tertiary/aromatic N) is 1. The summed E-state index contributed by atoms with van der Waals surface area (Å²) in [6, 6.07) is 74.8. The molecular weight excluding hydrogens is 639 g/mol. The Kier molecular flexibility index (Phi) is 7.55. The fraction of sp³-hybridized carbons (Fsp3) is 0. The highest BCUT2D eigenvalue weighted by Gasteiger charge is 2.15. The van der Waals surface area contributed by atoms with E-state index in [4.69, 9.17) is 0 Å². The van der Waals surface area contributed by atoms with Crippen molar-refractivity contribution in [3.8, 4) is 61.3 Å². The van der Waals surface area contributed by atoms with Gasteiger partial charge in [0.1, 0.15) is 0 Å². The minimum Gasteiger partial charge on any atom is -0.316 e. The van der Waals surface area contributed by atoms with E-state index in [2.05, 4.69) is 217 Å². The molecule has 9 aromatic carbocycles. The highest BCUT2D eigenvalue weighted by atomic mass is 15.0. The first-order chi connectivity index (χ1) is 26.3. The van der Waals surface area contributed by atoms with Crippen molar-refractivity contribution in [2.75, 3.05) is 0 Å². The number of hydrogen-bond donors (Lipinski definition) is 0. The SMILES string of the molecule is c1ccc(-c2ccc(-c3ccc4c(c3)c(-c3ccc(-c5ccccc5)cc3)cn4-c3ccc(-c4cc5ccccc5c5ccccc45)cc3)cc2)cc1. The second-order valence-corrected chi connectivity index (χ2v) is 13.8. The molecule has 0 aliphatic rings. The maximum Gasteiger partial charge on any atom is 0.0535 e. The normalized spacial score (nSPS) is 11.4. The van der Waals surface area contributed by atoms with Gasteiger partial charge in [-0.3, -0.25) is 0 Å². The predicted octanol–water partition coefficient (Wildman–Crippen LogP) is 14.3. The lowest BCUT2D eigenvalue weighted by Crippen LogP contribution is -1.92. The third kappa shape index (κ3) is 5.60. The average Bonchev–Trinajstić information content (AvgIpc) is 3.63. The first kappa shape index (κ1) is 30.8. The maximum atomic E-state index is 2.36. The summed E-state index contributed by atoms with van der Waals surface area (Å²) in [7, 11) is 0. The molecule has 0 spiro atoms. The summed E-state index contributed by atoms with van der Waals surface area (Å²) in [6.07, 6.45) is 2.31. The summed E-state index contributed by atoms with van der Waals surface area (Å²) in [5, 5.41) is 6.34.